The fourth-order valence-corrected chi connectivity index (χ4v) is 1.09. The molecular weight excluding hydrogens is 158 g/mol. The van der Waals surface area contributed by atoms with E-state index in [9.17, 15) is 9.59 Å². The number of hydrogen-bond donors (Lipinski definition) is 3. The molecule has 5 heteroatoms. The van der Waals surface area contributed by atoms with Crippen LogP contribution >= 0.6 is 0 Å². The van der Waals surface area contributed by atoms with Crippen LogP contribution in [0.1, 0.15) is 6.92 Å². The second-order valence-corrected chi connectivity index (χ2v) is 2.57. The van der Waals surface area contributed by atoms with Crippen molar-refractivity contribution in [3.63, 3.8) is 0 Å². The van der Waals surface area contributed by atoms with E-state index in [4.69, 9.17) is 0 Å². The van der Waals surface area contributed by atoms with Gasteiger partial charge in [-0.05, 0) is 6.92 Å². The van der Waals surface area contributed by atoms with Gasteiger partial charge in [0.2, 0.25) is 11.8 Å². The molecule has 0 saturated carbocycles. The molecule has 1 atom stereocenters. The molecule has 1 saturated heterocycles. The molecule has 0 spiro atoms. The third-order valence-electron chi connectivity index (χ3n) is 1.65. The van der Waals surface area contributed by atoms with Gasteiger partial charge in [0.1, 0.15) is 0 Å². The maximum Gasteiger partial charge on any atom is 0.246 e. The summed E-state index contributed by atoms with van der Waals surface area (Å²) in [7, 11) is 0. The topological polar surface area (TPSA) is 70.2 Å². The Morgan fingerprint density at radius 3 is 3.00 bits per heavy atom. The molecule has 3 N–H and O–H groups in total. The van der Waals surface area contributed by atoms with Gasteiger partial charge in [-0.1, -0.05) is 0 Å². The van der Waals surface area contributed by atoms with Crippen LogP contribution in [0.2, 0.25) is 0 Å². The average Bonchev–Trinajstić information content (AvgIpc) is 2.05. The molecular formula is C7H13N3O2. The number of amides is 2. The highest BCUT2D eigenvalue weighted by Crippen LogP contribution is 1.88. The lowest BCUT2D eigenvalue weighted by atomic mass is 10.2. The second kappa shape index (κ2) is 4.06. The van der Waals surface area contributed by atoms with Crippen LogP contribution < -0.4 is 16.0 Å². The average molecular weight is 171 g/mol. The zero-order chi connectivity index (χ0) is 8.97. The molecule has 0 aliphatic carbocycles. The van der Waals surface area contributed by atoms with E-state index in [-0.39, 0.29) is 11.8 Å². The van der Waals surface area contributed by atoms with Crippen molar-refractivity contribution in [1.82, 2.24) is 16.0 Å². The van der Waals surface area contributed by atoms with E-state index in [0.717, 1.165) is 0 Å². The van der Waals surface area contributed by atoms with Crippen LogP contribution in [-0.4, -0.2) is 37.5 Å². The van der Waals surface area contributed by atoms with Crippen LogP contribution in [0.4, 0.5) is 0 Å². The zero-order valence-corrected chi connectivity index (χ0v) is 7.02. The van der Waals surface area contributed by atoms with Crippen LogP contribution in [0.3, 0.4) is 0 Å². The van der Waals surface area contributed by atoms with Gasteiger partial charge >= 0.3 is 0 Å². The molecule has 0 aromatic carbocycles. The predicted octanol–water partition coefficient (Wildman–Crippen LogP) is -1.79. The van der Waals surface area contributed by atoms with Crippen molar-refractivity contribution >= 4 is 11.8 Å². The minimum absolute atomic E-state index is 0.243. The summed E-state index contributed by atoms with van der Waals surface area (Å²) in [6.45, 7) is 3.60. The molecule has 1 aliphatic heterocycles. The minimum Gasteiger partial charge on any atom is -0.355 e. The molecule has 68 valence electrons. The third-order valence-corrected chi connectivity index (χ3v) is 1.65. The first-order valence-corrected chi connectivity index (χ1v) is 4.04. The lowest BCUT2D eigenvalue weighted by Gasteiger charge is -2.22. The molecule has 0 bridgehead atoms. The summed E-state index contributed by atoms with van der Waals surface area (Å²) >= 11 is 0. The number of piperazine rings is 1. The van der Waals surface area contributed by atoms with E-state index in [1.54, 1.807) is 0 Å². The Labute approximate surface area is 70.9 Å². The molecule has 1 heterocycles. The summed E-state index contributed by atoms with van der Waals surface area (Å²) in [5, 5.41) is 8.02. The fraction of sp³-hybridized carbons (Fsp3) is 0.714. The number of nitrogens with one attached hydrogen (secondary N) is 3. The van der Waals surface area contributed by atoms with Gasteiger partial charge in [-0.25, -0.2) is 0 Å². The van der Waals surface area contributed by atoms with Gasteiger partial charge in [0.15, 0.2) is 6.04 Å². The maximum absolute atomic E-state index is 11.2. The van der Waals surface area contributed by atoms with E-state index < -0.39 is 6.04 Å². The van der Waals surface area contributed by atoms with Crippen molar-refractivity contribution in [2.45, 2.75) is 13.0 Å². The predicted molar refractivity (Wildman–Crippen MR) is 43.5 cm³/mol. The molecule has 5 nitrogen and oxygen atoms in total. The van der Waals surface area contributed by atoms with E-state index in [0.29, 0.717) is 19.6 Å². The third kappa shape index (κ3) is 1.94. The monoisotopic (exact) mass is 171 g/mol. The molecule has 0 aromatic rings. The highest BCUT2D eigenvalue weighted by Gasteiger charge is 2.27. The normalized spacial score (nSPS) is 23.1. The van der Waals surface area contributed by atoms with Crippen molar-refractivity contribution in [2.75, 3.05) is 19.6 Å². The quantitative estimate of drug-likeness (QED) is 0.430. The maximum atomic E-state index is 11.2. The lowest BCUT2D eigenvalue weighted by Crippen LogP contribution is -2.59. The Bertz CT molecular complexity index is 193. The van der Waals surface area contributed by atoms with Gasteiger partial charge in [0.25, 0.3) is 0 Å². The Kier molecular flexibility index (Phi) is 3.04. The largest absolute Gasteiger partial charge is 0.355 e. The van der Waals surface area contributed by atoms with Crippen molar-refractivity contribution < 1.29 is 9.59 Å². The zero-order valence-electron chi connectivity index (χ0n) is 7.02. The summed E-state index contributed by atoms with van der Waals surface area (Å²) in [4.78, 5) is 22.3. The second-order valence-electron chi connectivity index (χ2n) is 2.57. The van der Waals surface area contributed by atoms with Crippen molar-refractivity contribution in [3.8, 4) is 0 Å². The van der Waals surface area contributed by atoms with E-state index in [1.807, 2.05) is 6.92 Å². The van der Waals surface area contributed by atoms with Crippen LogP contribution in [0.15, 0.2) is 0 Å². The van der Waals surface area contributed by atoms with Gasteiger partial charge in [0.05, 0.1) is 0 Å². The van der Waals surface area contributed by atoms with E-state index in [1.165, 1.54) is 0 Å². The first-order chi connectivity index (χ1) is 5.75. The number of carbonyl (C=O) groups is 2. The first-order valence-electron chi connectivity index (χ1n) is 4.04. The Morgan fingerprint density at radius 2 is 2.42 bits per heavy atom. The molecule has 1 aliphatic rings. The molecule has 1 rings (SSSR count). The summed E-state index contributed by atoms with van der Waals surface area (Å²) in [5.74, 6) is -0.498. The molecule has 1 unspecified atom stereocenters. The Hall–Kier alpha value is -1.10. The fourth-order valence-electron chi connectivity index (χ4n) is 1.09. The van der Waals surface area contributed by atoms with Crippen molar-refractivity contribution in [2.24, 2.45) is 0 Å². The lowest BCUT2D eigenvalue weighted by molar-refractivity contribution is -0.133. The molecule has 0 radical (unpaired) electrons. The van der Waals surface area contributed by atoms with Crippen LogP contribution in [0, 0.1) is 0 Å². The summed E-state index contributed by atoms with van der Waals surface area (Å²) in [5.41, 5.74) is 0. The standard InChI is InChI=1S/C7H13N3O2/c1-2-8-6(11)5-7(12)10-4-3-9-5/h5,9H,2-4H2,1H3,(H,8,11)(H,10,12). The molecule has 2 amide bonds. The Balaban J connectivity index is 2.48. The van der Waals surface area contributed by atoms with Crippen molar-refractivity contribution in [3.05, 3.63) is 0 Å². The van der Waals surface area contributed by atoms with Gasteiger partial charge in [-0.3, -0.25) is 14.9 Å². The highest BCUT2D eigenvalue weighted by atomic mass is 16.2. The number of rotatable bonds is 2. The number of likely N-dealkylation sites (N-methyl/N-ethyl adjacent to an activating group) is 1. The van der Waals surface area contributed by atoms with Crippen molar-refractivity contribution in [1.29, 1.82) is 0 Å². The summed E-state index contributed by atoms with van der Waals surface area (Å²) in [6.07, 6.45) is 0. The smallest absolute Gasteiger partial charge is 0.246 e. The molecule has 12 heavy (non-hydrogen) atoms. The first kappa shape index (κ1) is 8.99. The highest BCUT2D eigenvalue weighted by molar-refractivity contribution is 6.04. The summed E-state index contributed by atoms with van der Waals surface area (Å²) in [6, 6.07) is -0.710. The minimum atomic E-state index is -0.710. The SMILES string of the molecule is CCNC(=O)C1NCCNC1=O. The number of hydrogen-bond acceptors (Lipinski definition) is 3. The van der Waals surface area contributed by atoms with E-state index in [2.05, 4.69) is 16.0 Å². The van der Waals surface area contributed by atoms with Crippen LogP contribution in [0.25, 0.3) is 0 Å². The summed E-state index contributed by atoms with van der Waals surface area (Å²) < 4.78 is 0. The van der Waals surface area contributed by atoms with Gasteiger partial charge in [-0.15, -0.1) is 0 Å². The van der Waals surface area contributed by atoms with Crippen LogP contribution in [-0.2, 0) is 9.59 Å². The van der Waals surface area contributed by atoms with E-state index >= 15 is 0 Å². The van der Waals surface area contributed by atoms with Gasteiger partial charge in [0, 0.05) is 19.6 Å². The Morgan fingerprint density at radius 1 is 1.67 bits per heavy atom. The molecule has 1 fully saturated rings. The van der Waals surface area contributed by atoms with Crippen LogP contribution in [0.5, 0.6) is 0 Å². The number of carbonyl (C=O) groups excluding carboxylic acids is 2. The van der Waals surface area contributed by atoms with Gasteiger partial charge in [-0.2, -0.15) is 0 Å². The van der Waals surface area contributed by atoms with Gasteiger partial charge < -0.3 is 10.6 Å². The molecule has 0 aromatic heterocycles.